The Morgan fingerprint density at radius 1 is 1.21 bits per heavy atom. The number of ether oxygens (including phenoxy) is 2. The molecule has 0 amide bonds. The molecule has 0 fully saturated rings. The fourth-order valence-electron chi connectivity index (χ4n) is 2.15. The van der Waals surface area contributed by atoms with Gasteiger partial charge in [0.25, 0.3) is 0 Å². The van der Waals surface area contributed by atoms with Crippen LogP contribution < -0.4 is 20.1 Å². The highest BCUT2D eigenvalue weighted by atomic mass is 32.1. The number of aliphatic imine (C=N–C) groups is 1. The quantitative estimate of drug-likeness (QED) is 0.595. The molecule has 0 spiro atoms. The zero-order valence-corrected chi connectivity index (χ0v) is 15.4. The summed E-state index contributed by atoms with van der Waals surface area (Å²) in [6, 6.07) is 5.82. The molecule has 0 atom stereocenters. The van der Waals surface area contributed by atoms with Crippen molar-refractivity contribution in [3.63, 3.8) is 0 Å². The van der Waals surface area contributed by atoms with Crippen molar-refractivity contribution in [2.24, 2.45) is 4.99 Å². The average Bonchev–Trinajstić information content (AvgIpc) is 3.02. The lowest BCUT2D eigenvalue weighted by Gasteiger charge is -2.11. The Bertz CT molecular complexity index is 685. The fourth-order valence-corrected chi connectivity index (χ4v) is 2.88. The number of hydrogen-bond acceptors (Lipinski definition) is 5. The third kappa shape index (κ3) is 5.13. The van der Waals surface area contributed by atoms with E-state index in [1.165, 1.54) is 4.88 Å². The Morgan fingerprint density at radius 2 is 2.00 bits per heavy atom. The fraction of sp³-hybridized carbons (Fsp3) is 0.412. The molecule has 0 bridgehead atoms. The molecule has 130 valence electrons. The van der Waals surface area contributed by atoms with Crippen LogP contribution in [0.1, 0.15) is 22.4 Å². The summed E-state index contributed by atoms with van der Waals surface area (Å²) in [5, 5.41) is 7.64. The SMILES string of the molecule is CCNC(=NCc1ccc(OC)c(OC)c1)NCc1cnc(C)s1. The van der Waals surface area contributed by atoms with E-state index in [1.54, 1.807) is 25.6 Å². The van der Waals surface area contributed by atoms with E-state index >= 15 is 0 Å². The standard InChI is InChI=1S/C17H24N4O2S/c1-5-18-17(21-11-14-10-19-12(2)24-14)20-9-13-6-7-15(22-3)16(8-13)23-4/h6-8,10H,5,9,11H2,1-4H3,(H2,18,20,21). The summed E-state index contributed by atoms with van der Waals surface area (Å²) < 4.78 is 10.6. The molecule has 0 aliphatic heterocycles. The molecule has 7 heteroatoms. The van der Waals surface area contributed by atoms with E-state index in [0.717, 1.165) is 28.8 Å². The number of nitrogens with one attached hydrogen (secondary N) is 2. The van der Waals surface area contributed by atoms with Crippen LogP contribution in [-0.2, 0) is 13.1 Å². The molecule has 0 aliphatic rings. The molecule has 0 aliphatic carbocycles. The molecule has 0 saturated carbocycles. The molecule has 1 aromatic carbocycles. The van der Waals surface area contributed by atoms with Crippen molar-refractivity contribution in [1.82, 2.24) is 15.6 Å². The van der Waals surface area contributed by atoms with E-state index in [2.05, 4.69) is 20.6 Å². The summed E-state index contributed by atoms with van der Waals surface area (Å²) >= 11 is 1.68. The van der Waals surface area contributed by atoms with Gasteiger partial charge in [-0.3, -0.25) is 0 Å². The maximum atomic E-state index is 5.33. The van der Waals surface area contributed by atoms with Crippen molar-refractivity contribution in [3.05, 3.63) is 39.8 Å². The number of thiazole rings is 1. The van der Waals surface area contributed by atoms with E-state index < -0.39 is 0 Å². The molecule has 0 radical (unpaired) electrons. The molecule has 0 saturated heterocycles. The van der Waals surface area contributed by atoms with E-state index in [9.17, 15) is 0 Å². The highest BCUT2D eigenvalue weighted by Gasteiger charge is 2.05. The number of benzene rings is 1. The van der Waals surface area contributed by atoms with Crippen LogP contribution in [0.3, 0.4) is 0 Å². The van der Waals surface area contributed by atoms with Crippen LogP contribution >= 0.6 is 11.3 Å². The molecule has 1 heterocycles. The summed E-state index contributed by atoms with van der Waals surface area (Å²) in [7, 11) is 3.26. The van der Waals surface area contributed by atoms with Gasteiger partial charge >= 0.3 is 0 Å². The number of guanidine groups is 1. The van der Waals surface area contributed by atoms with Gasteiger partial charge in [0.1, 0.15) is 0 Å². The Morgan fingerprint density at radius 3 is 2.62 bits per heavy atom. The minimum Gasteiger partial charge on any atom is -0.493 e. The summed E-state index contributed by atoms with van der Waals surface area (Å²) in [4.78, 5) is 10.1. The smallest absolute Gasteiger partial charge is 0.191 e. The summed E-state index contributed by atoms with van der Waals surface area (Å²) in [5.74, 6) is 2.21. The van der Waals surface area contributed by atoms with Crippen molar-refractivity contribution >= 4 is 17.3 Å². The Balaban J connectivity index is 2.02. The van der Waals surface area contributed by atoms with Crippen LogP contribution in [-0.4, -0.2) is 31.7 Å². The third-order valence-electron chi connectivity index (χ3n) is 3.31. The molecule has 2 rings (SSSR count). The topological polar surface area (TPSA) is 67.8 Å². The van der Waals surface area contributed by atoms with E-state index in [0.29, 0.717) is 18.8 Å². The monoisotopic (exact) mass is 348 g/mol. The van der Waals surface area contributed by atoms with Crippen molar-refractivity contribution < 1.29 is 9.47 Å². The molecule has 24 heavy (non-hydrogen) atoms. The number of aromatic nitrogens is 1. The molecular weight excluding hydrogens is 324 g/mol. The van der Waals surface area contributed by atoms with Gasteiger partial charge in [-0.1, -0.05) is 6.07 Å². The Kier molecular flexibility index (Phi) is 6.87. The van der Waals surface area contributed by atoms with Crippen LogP contribution in [0.2, 0.25) is 0 Å². The number of rotatable bonds is 7. The van der Waals surface area contributed by atoms with Gasteiger partial charge in [0, 0.05) is 17.6 Å². The molecule has 0 unspecified atom stereocenters. The molecular formula is C17H24N4O2S. The maximum Gasteiger partial charge on any atom is 0.191 e. The minimum absolute atomic E-state index is 0.553. The third-order valence-corrected chi connectivity index (χ3v) is 4.22. The number of methoxy groups -OCH3 is 2. The van der Waals surface area contributed by atoms with Gasteiger partial charge in [-0.15, -0.1) is 11.3 Å². The normalized spacial score (nSPS) is 11.2. The van der Waals surface area contributed by atoms with Crippen LogP contribution in [0, 0.1) is 6.92 Å². The average molecular weight is 348 g/mol. The Labute approximate surface area is 146 Å². The van der Waals surface area contributed by atoms with Crippen LogP contribution in [0.25, 0.3) is 0 Å². The van der Waals surface area contributed by atoms with Crippen molar-refractivity contribution in [2.75, 3.05) is 20.8 Å². The zero-order valence-electron chi connectivity index (χ0n) is 14.5. The molecule has 2 N–H and O–H groups in total. The zero-order chi connectivity index (χ0) is 17.4. The van der Waals surface area contributed by atoms with Crippen molar-refractivity contribution in [2.45, 2.75) is 26.9 Å². The Hall–Kier alpha value is -2.28. The van der Waals surface area contributed by atoms with Gasteiger partial charge in [0.15, 0.2) is 17.5 Å². The van der Waals surface area contributed by atoms with Gasteiger partial charge in [0.05, 0.1) is 32.3 Å². The lowest BCUT2D eigenvalue weighted by Crippen LogP contribution is -2.36. The second-order valence-electron chi connectivity index (χ2n) is 5.08. The second-order valence-corrected chi connectivity index (χ2v) is 6.40. The van der Waals surface area contributed by atoms with Crippen molar-refractivity contribution in [3.8, 4) is 11.5 Å². The first-order valence-corrected chi connectivity index (χ1v) is 8.62. The van der Waals surface area contributed by atoms with E-state index in [4.69, 9.17) is 9.47 Å². The number of hydrogen-bond donors (Lipinski definition) is 2. The van der Waals surface area contributed by atoms with E-state index in [1.807, 2.05) is 38.2 Å². The van der Waals surface area contributed by atoms with Gasteiger partial charge in [-0.05, 0) is 31.5 Å². The van der Waals surface area contributed by atoms with Gasteiger partial charge in [-0.2, -0.15) is 0 Å². The first-order chi connectivity index (χ1) is 11.7. The summed E-state index contributed by atoms with van der Waals surface area (Å²) in [6.07, 6.45) is 1.89. The van der Waals surface area contributed by atoms with Gasteiger partial charge in [0.2, 0.25) is 0 Å². The first kappa shape index (κ1) is 18.1. The van der Waals surface area contributed by atoms with Crippen molar-refractivity contribution in [1.29, 1.82) is 0 Å². The highest BCUT2D eigenvalue weighted by molar-refractivity contribution is 7.11. The lowest BCUT2D eigenvalue weighted by atomic mass is 10.2. The number of aryl methyl sites for hydroxylation is 1. The van der Waals surface area contributed by atoms with Crippen LogP contribution in [0.5, 0.6) is 11.5 Å². The summed E-state index contributed by atoms with van der Waals surface area (Å²) in [6.45, 7) is 6.12. The minimum atomic E-state index is 0.553. The van der Waals surface area contributed by atoms with Crippen LogP contribution in [0.4, 0.5) is 0 Å². The largest absolute Gasteiger partial charge is 0.493 e. The van der Waals surface area contributed by atoms with Gasteiger partial charge in [-0.25, -0.2) is 9.98 Å². The number of nitrogens with zero attached hydrogens (tertiary/aromatic N) is 2. The highest BCUT2D eigenvalue weighted by Crippen LogP contribution is 2.27. The predicted molar refractivity (Wildman–Crippen MR) is 98.1 cm³/mol. The summed E-state index contributed by atoms with van der Waals surface area (Å²) in [5.41, 5.74) is 1.05. The molecule has 2 aromatic rings. The maximum absolute atomic E-state index is 5.33. The lowest BCUT2D eigenvalue weighted by molar-refractivity contribution is 0.354. The van der Waals surface area contributed by atoms with Gasteiger partial charge < -0.3 is 20.1 Å². The second kappa shape index (κ2) is 9.12. The first-order valence-electron chi connectivity index (χ1n) is 7.80. The molecule has 6 nitrogen and oxygen atoms in total. The molecule has 1 aromatic heterocycles. The van der Waals surface area contributed by atoms with E-state index in [-0.39, 0.29) is 0 Å². The van der Waals surface area contributed by atoms with Crippen LogP contribution in [0.15, 0.2) is 29.4 Å². The predicted octanol–water partition coefficient (Wildman–Crippen LogP) is 2.72.